The van der Waals surface area contributed by atoms with E-state index in [1.165, 1.54) is 0 Å². The van der Waals surface area contributed by atoms with Crippen molar-refractivity contribution in [2.75, 3.05) is 7.11 Å². The summed E-state index contributed by atoms with van der Waals surface area (Å²) < 4.78 is 5.09. The van der Waals surface area contributed by atoms with Gasteiger partial charge in [-0.3, -0.25) is 4.79 Å². The van der Waals surface area contributed by atoms with Gasteiger partial charge in [-0.25, -0.2) is 0 Å². The Kier molecular flexibility index (Phi) is 2.97. The van der Waals surface area contributed by atoms with Crippen LogP contribution in [-0.2, 0) is 0 Å². The van der Waals surface area contributed by atoms with Crippen molar-refractivity contribution in [3.8, 4) is 5.75 Å². The van der Waals surface area contributed by atoms with E-state index in [1.54, 1.807) is 25.3 Å². The van der Waals surface area contributed by atoms with E-state index in [-0.39, 0.29) is 22.5 Å². The van der Waals surface area contributed by atoms with Crippen molar-refractivity contribution in [2.24, 2.45) is 16.7 Å². The Bertz CT molecular complexity index is 489. The lowest BCUT2D eigenvalue weighted by Crippen LogP contribution is -2.08. The Morgan fingerprint density at radius 2 is 1.78 bits per heavy atom. The molecular formula is C15H19ClO2. The Morgan fingerprint density at radius 1 is 1.22 bits per heavy atom. The number of carbonyl (C=O) groups excluding carboxylic acids is 1. The van der Waals surface area contributed by atoms with Crippen LogP contribution in [0.3, 0.4) is 0 Å². The van der Waals surface area contributed by atoms with Gasteiger partial charge in [0.1, 0.15) is 5.75 Å². The van der Waals surface area contributed by atoms with Crippen molar-refractivity contribution in [1.29, 1.82) is 0 Å². The minimum atomic E-state index is 0.0351. The number of hydrogen-bond acceptors (Lipinski definition) is 2. The standard InChI is InChI=1S/C15H19ClO2/c1-14(2)13(15(14,3)4)12(17)10-7-6-9(18-5)8-11(10)16/h6-8,13H,1-5H3. The van der Waals surface area contributed by atoms with Gasteiger partial charge in [0.25, 0.3) is 0 Å². The number of benzene rings is 1. The van der Waals surface area contributed by atoms with E-state index in [0.29, 0.717) is 16.3 Å². The molecular weight excluding hydrogens is 248 g/mol. The molecule has 1 aliphatic rings. The van der Waals surface area contributed by atoms with E-state index >= 15 is 0 Å². The second-order valence-electron chi connectivity index (χ2n) is 6.09. The smallest absolute Gasteiger partial charge is 0.168 e. The predicted molar refractivity (Wildman–Crippen MR) is 73.4 cm³/mol. The summed E-state index contributed by atoms with van der Waals surface area (Å²) in [7, 11) is 1.58. The summed E-state index contributed by atoms with van der Waals surface area (Å²) in [6, 6.07) is 5.23. The van der Waals surface area contributed by atoms with Gasteiger partial charge in [-0.2, -0.15) is 0 Å². The lowest BCUT2D eigenvalue weighted by atomic mass is 10.0. The monoisotopic (exact) mass is 266 g/mol. The molecule has 0 bridgehead atoms. The lowest BCUT2D eigenvalue weighted by molar-refractivity contribution is 0.0945. The van der Waals surface area contributed by atoms with Crippen LogP contribution in [0.2, 0.25) is 5.02 Å². The van der Waals surface area contributed by atoms with Crippen LogP contribution in [0.4, 0.5) is 0 Å². The maximum absolute atomic E-state index is 12.5. The first-order valence-corrected chi connectivity index (χ1v) is 6.49. The average molecular weight is 267 g/mol. The highest BCUT2D eigenvalue weighted by Gasteiger charge is 2.67. The summed E-state index contributed by atoms with van der Waals surface area (Å²) in [4.78, 5) is 12.5. The van der Waals surface area contributed by atoms with Crippen molar-refractivity contribution in [1.82, 2.24) is 0 Å². The van der Waals surface area contributed by atoms with Gasteiger partial charge < -0.3 is 4.74 Å². The van der Waals surface area contributed by atoms with Gasteiger partial charge in [-0.05, 0) is 29.0 Å². The SMILES string of the molecule is COc1ccc(C(=O)C2C(C)(C)C2(C)C)c(Cl)c1. The molecule has 0 amide bonds. The molecule has 0 radical (unpaired) electrons. The Hall–Kier alpha value is -1.02. The molecule has 1 saturated carbocycles. The normalized spacial score (nSPS) is 20.6. The Morgan fingerprint density at radius 3 is 2.17 bits per heavy atom. The van der Waals surface area contributed by atoms with Crippen molar-refractivity contribution >= 4 is 17.4 Å². The molecule has 3 heteroatoms. The van der Waals surface area contributed by atoms with E-state index in [9.17, 15) is 4.79 Å². The van der Waals surface area contributed by atoms with Crippen LogP contribution >= 0.6 is 11.6 Å². The van der Waals surface area contributed by atoms with Gasteiger partial charge in [0.2, 0.25) is 0 Å². The number of hydrogen-bond donors (Lipinski definition) is 0. The van der Waals surface area contributed by atoms with Crippen LogP contribution in [0.25, 0.3) is 0 Å². The fourth-order valence-electron chi connectivity index (χ4n) is 2.83. The number of rotatable bonds is 3. The maximum Gasteiger partial charge on any atom is 0.168 e. The summed E-state index contributed by atoms with van der Waals surface area (Å²) in [5, 5.41) is 0.470. The summed E-state index contributed by atoms with van der Waals surface area (Å²) in [5.41, 5.74) is 0.668. The van der Waals surface area contributed by atoms with Gasteiger partial charge in [-0.1, -0.05) is 39.3 Å². The summed E-state index contributed by atoms with van der Waals surface area (Å²) in [5.74, 6) is 0.847. The molecule has 1 aliphatic carbocycles. The minimum Gasteiger partial charge on any atom is -0.497 e. The van der Waals surface area contributed by atoms with Crippen LogP contribution in [0.5, 0.6) is 5.75 Å². The number of ether oxygens (including phenoxy) is 1. The minimum absolute atomic E-state index is 0.0351. The zero-order valence-corrected chi connectivity index (χ0v) is 12.3. The highest BCUT2D eigenvalue weighted by Crippen LogP contribution is 2.69. The van der Waals surface area contributed by atoms with Crippen LogP contribution in [0.15, 0.2) is 18.2 Å². The van der Waals surface area contributed by atoms with Gasteiger partial charge in [0.05, 0.1) is 12.1 Å². The molecule has 98 valence electrons. The number of methoxy groups -OCH3 is 1. The first-order valence-electron chi connectivity index (χ1n) is 6.11. The zero-order valence-electron chi connectivity index (χ0n) is 11.5. The van der Waals surface area contributed by atoms with Crippen LogP contribution in [-0.4, -0.2) is 12.9 Å². The van der Waals surface area contributed by atoms with Gasteiger partial charge >= 0.3 is 0 Å². The zero-order chi connectivity index (χ0) is 13.7. The molecule has 0 heterocycles. The summed E-state index contributed by atoms with van der Waals surface area (Å²) >= 11 is 6.16. The number of ketones is 1. The molecule has 18 heavy (non-hydrogen) atoms. The molecule has 0 aromatic heterocycles. The Labute approximate surface area is 113 Å². The highest BCUT2D eigenvalue weighted by molar-refractivity contribution is 6.34. The maximum atomic E-state index is 12.5. The molecule has 1 fully saturated rings. The van der Waals surface area contributed by atoms with E-state index in [1.807, 2.05) is 0 Å². The fraction of sp³-hybridized carbons (Fsp3) is 0.533. The fourth-order valence-corrected chi connectivity index (χ4v) is 3.09. The first-order chi connectivity index (χ1) is 8.23. The van der Waals surface area contributed by atoms with Gasteiger partial charge in [0.15, 0.2) is 5.78 Å². The second-order valence-corrected chi connectivity index (χ2v) is 6.49. The van der Waals surface area contributed by atoms with Crippen molar-refractivity contribution < 1.29 is 9.53 Å². The van der Waals surface area contributed by atoms with Gasteiger partial charge in [0, 0.05) is 11.5 Å². The number of carbonyl (C=O) groups is 1. The summed E-state index contributed by atoms with van der Waals surface area (Å²) in [6.45, 7) is 8.53. The van der Waals surface area contributed by atoms with Crippen molar-refractivity contribution in [3.63, 3.8) is 0 Å². The topological polar surface area (TPSA) is 26.3 Å². The molecule has 2 nitrogen and oxygen atoms in total. The molecule has 1 aromatic carbocycles. The van der Waals surface area contributed by atoms with E-state index in [2.05, 4.69) is 27.7 Å². The van der Waals surface area contributed by atoms with E-state index < -0.39 is 0 Å². The first kappa shape index (κ1) is 13.4. The Balaban J connectivity index is 2.32. The molecule has 1 aromatic rings. The molecule has 0 atom stereocenters. The quantitative estimate of drug-likeness (QED) is 0.766. The van der Waals surface area contributed by atoms with Crippen LogP contribution in [0.1, 0.15) is 38.1 Å². The molecule has 2 rings (SSSR count). The van der Waals surface area contributed by atoms with E-state index in [4.69, 9.17) is 16.3 Å². The largest absolute Gasteiger partial charge is 0.497 e. The van der Waals surface area contributed by atoms with Crippen molar-refractivity contribution in [2.45, 2.75) is 27.7 Å². The average Bonchev–Trinajstić information content (AvgIpc) is 2.68. The number of halogens is 1. The third-order valence-corrected chi connectivity index (χ3v) is 5.04. The third-order valence-electron chi connectivity index (χ3n) is 4.72. The predicted octanol–water partition coefficient (Wildman–Crippen LogP) is 4.21. The van der Waals surface area contributed by atoms with Crippen LogP contribution in [0, 0.1) is 16.7 Å². The molecule has 0 aliphatic heterocycles. The molecule has 0 N–H and O–H groups in total. The number of Topliss-reactive ketones (excluding diaryl/α,β-unsaturated/α-hetero) is 1. The second kappa shape index (κ2) is 3.99. The van der Waals surface area contributed by atoms with Crippen molar-refractivity contribution in [3.05, 3.63) is 28.8 Å². The molecule has 0 saturated heterocycles. The highest BCUT2D eigenvalue weighted by atomic mass is 35.5. The molecule has 0 unspecified atom stereocenters. The molecule has 0 spiro atoms. The third kappa shape index (κ3) is 1.74. The van der Waals surface area contributed by atoms with Crippen LogP contribution < -0.4 is 4.74 Å². The van der Waals surface area contributed by atoms with E-state index in [0.717, 1.165) is 0 Å². The van der Waals surface area contributed by atoms with Gasteiger partial charge in [-0.15, -0.1) is 0 Å². The summed E-state index contributed by atoms with van der Waals surface area (Å²) in [6.07, 6.45) is 0. The lowest BCUT2D eigenvalue weighted by Gasteiger charge is -2.07.